The molecule has 0 heterocycles. The number of allylic oxidation sites excluding steroid dienone is 6. The van der Waals surface area contributed by atoms with Crippen molar-refractivity contribution in [2.75, 3.05) is 7.05 Å². The lowest BCUT2D eigenvalue weighted by Crippen LogP contribution is -2.20. The van der Waals surface area contributed by atoms with Crippen LogP contribution in [-0.2, 0) is 0 Å². The molecule has 2 nitrogen and oxygen atoms in total. The van der Waals surface area contributed by atoms with Crippen LogP contribution < -0.4 is 0 Å². The zero-order valence-corrected chi connectivity index (χ0v) is 8.09. The van der Waals surface area contributed by atoms with E-state index in [1.807, 2.05) is 0 Å². The Morgan fingerprint density at radius 3 is 2.93 bits per heavy atom. The zero-order chi connectivity index (χ0) is 10.1. The molecule has 2 rings (SSSR count). The molecule has 0 spiro atoms. The van der Waals surface area contributed by atoms with Gasteiger partial charge >= 0.3 is 0 Å². The van der Waals surface area contributed by atoms with Gasteiger partial charge in [-0.15, -0.1) is 0 Å². The zero-order valence-electron chi connectivity index (χ0n) is 8.09. The van der Waals surface area contributed by atoms with E-state index >= 15 is 0 Å². The molecule has 0 saturated heterocycles. The number of halogens is 1. The van der Waals surface area contributed by atoms with E-state index in [1.165, 1.54) is 13.1 Å². The molecule has 0 aromatic carbocycles. The Morgan fingerprint density at radius 1 is 1.43 bits per heavy atom. The summed E-state index contributed by atoms with van der Waals surface area (Å²) in [5.74, 6) is -0.238. The highest BCUT2D eigenvalue weighted by molar-refractivity contribution is 6.02. The monoisotopic (exact) mass is 193 g/mol. The Balaban J connectivity index is 2.49. The maximum absolute atomic E-state index is 13.0. The molecule has 0 unspecified atom stereocenters. The van der Waals surface area contributed by atoms with Gasteiger partial charge in [-0.3, -0.25) is 0 Å². The highest BCUT2D eigenvalue weighted by Crippen LogP contribution is 2.30. The minimum atomic E-state index is -0.238. The van der Waals surface area contributed by atoms with Crippen LogP contribution in [0.1, 0.15) is 19.3 Å². The summed E-state index contributed by atoms with van der Waals surface area (Å²) in [6, 6.07) is 0. The van der Waals surface area contributed by atoms with E-state index in [9.17, 15) is 9.60 Å². The van der Waals surface area contributed by atoms with Gasteiger partial charge in [0.15, 0.2) is 5.71 Å². The van der Waals surface area contributed by atoms with Gasteiger partial charge < -0.3 is 5.21 Å². The largest absolute Gasteiger partial charge is 0.624 e. The summed E-state index contributed by atoms with van der Waals surface area (Å²) >= 11 is 0. The lowest BCUT2D eigenvalue weighted by Gasteiger charge is -2.19. The molecule has 74 valence electrons. The molecule has 0 aromatic rings. The first-order valence-electron chi connectivity index (χ1n) is 4.72. The molecule has 2 aliphatic carbocycles. The van der Waals surface area contributed by atoms with Gasteiger partial charge in [-0.1, -0.05) is 6.08 Å². The molecule has 0 radical (unpaired) electrons. The first kappa shape index (κ1) is 9.19. The van der Waals surface area contributed by atoms with Crippen LogP contribution >= 0.6 is 0 Å². The lowest BCUT2D eigenvalue weighted by atomic mass is 9.86. The third-order valence-electron chi connectivity index (χ3n) is 2.61. The minimum Gasteiger partial charge on any atom is -0.624 e. The number of nitrogens with zero attached hydrogens (tertiary/aromatic N) is 1. The molecule has 2 aliphatic rings. The first-order valence-corrected chi connectivity index (χ1v) is 4.72. The molecule has 0 N–H and O–H groups in total. The fourth-order valence-corrected chi connectivity index (χ4v) is 1.91. The highest BCUT2D eigenvalue weighted by atomic mass is 19.1. The van der Waals surface area contributed by atoms with Crippen LogP contribution in [0, 0.1) is 5.21 Å². The first-order chi connectivity index (χ1) is 6.68. The van der Waals surface area contributed by atoms with Crippen molar-refractivity contribution in [3.63, 3.8) is 0 Å². The van der Waals surface area contributed by atoms with E-state index in [2.05, 4.69) is 6.08 Å². The Bertz CT molecular complexity index is 384. The maximum atomic E-state index is 13.0. The second-order valence-corrected chi connectivity index (χ2v) is 3.56. The predicted octanol–water partition coefficient (Wildman–Crippen LogP) is 2.47. The number of hydroxylamine groups is 1. The molecule has 0 amide bonds. The molecule has 0 aliphatic heterocycles. The number of hydrogen-bond acceptors (Lipinski definition) is 1. The van der Waals surface area contributed by atoms with Crippen LogP contribution in [0.25, 0.3) is 0 Å². The van der Waals surface area contributed by atoms with Crippen LogP contribution in [0.15, 0.2) is 35.2 Å². The van der Waals surface area contributed by atoms with Gasteiger partial charge in [0.2, 0.25) is 0 Å². The molecular formula is C11H12FNO. The van der Waals surface area contributed by atoms with Crippen molar-refractivity contribution in [2.45, 2.75) is 19.3 Å². The maximum Gasteiger partial charge on any atom is 0.194 e. The molecule has 0 fully saturated rings. The predicted molar refractivity (Wildman–Crippen MR) is 53.8 cm³/mol. The fraction of sp³-hybridized carbons (Fsp3) is 0.364. The Labute approximate surface area is 82.3 Å². The molecule has 0 aromatic heterocycles. The summed E-state index contributed by atoms with van der Waals surface area (Å²) < 4.78 is 13.9. The molecule has 0 atom stereocenters. The standard InChI is InChI=1S/C11H12FNO/c1-13(14)11-4-2-3-8-5-6-9(12)7-10(8)11/h3,6-7H,2,4-5H2,1H3/b13-11+. The molecule has 14 heavy (non-hydrogen) atoms. The van der Waals surface area contributed by atoms with Crippen LogP contribution in [0.5, 0.6) is 0 Å². The smallest absolute Gasteiger partial charge is 0.194 e. The SMILES string of the molecule is C/[N+]([O-])=C1/CCC=C2CC=C(F)C=C21. The van der Waals surface area contributed by atoms with Crippen molar-refractivity contribution >= 4 is 5.71 Å². The van der Waals surface area contributed by atoms with Crippen LogP contribution in [-0.4, -0.2) is 17.5 Å². The number of hydrogen-bond donors (Lipinski definition) is 0. The van der Waals surface area contributed by atoms with E-state index in [0.29, 0.717) is 18.6 Å². The lowest BCUT2D eigenvalue weighted by molar-refractivity contribution is -0.423. The van der Waals surface area contributed by atoms with Crippen LogP contribution in [0.4, 0.5) is 4.39 Å². The minimum absolute atomic E-state index is 0.238. The number of fused-ring (bicyclic) bond motifs is 1. The Kier molecular flexibility index (Phi) is 2.23. The average Bonchev–Trinajstić information content (AvgIpc) is 2.16. The van der Waals surface area contributed by atoms with Gasteiger partial charge in [-0.25, -0.2) is 9.13 Å². The fourth-order valence-electron chi connectivity index (χ4n) is 1.91. The van der Waals surface area contributed by atoms with E-state index < -0.39 is 0 Å². The van der Waals surface area contributed by atoms with Gasteiger partial charge in [-0.2, -0.15) is 0 Å². The van der Waals surface area contributed by atoms with Gasteiger partial charge in [0.1, 0.15) is 12.9 Å². The van der Waals surface area contributed by atoms with E-state index in [1.54, 1.807) is 6.08 Å². The Hall–Kier alpha value is -1.38. The van der Waals surface area contributed by atoms with E-state index in [-0.39, 0.29) is 5.83 Å². The van der Waals surface area contributed by atoms with E-state index in [0.717, 1.165) is 22.3 Å². The van der Waals surface area contributed by atoms with Gasteiger partial charge in [0, 0.05) is 12.0 Å². The topological polar surface area (TPSA) is 26.1 Å². The second kappa shape index (κ2) is 3.40. The molecular weight excluding hydrogens is 181 g/mol. The summed E-state index contributed by atoms with van der Waals surface area (Å²) in [7, 11) is 1.47. The van der Waals surface area contributed by atoms with Crippen molar-refractivity contribution in [3.8, 4) is 0 Å². The highest BCUT2D eigenvalue weighted by Gasteiger charge is 2.24. The van der Waals surface area contributed by atoms with Gasteiger partial charge in [0.05, 0.1) is 0 Å². The van der Waals surface area contributed by atoms with Crippen molar-refractivity contribution in [2.24, 2.45) is 0 Å². The molecule has 0 bridgehead atoms. The summed E-state index contributed by atoms with van der Waals surface area (Å²) in [5, 5.41) is 11.2. The average molecular weight is 193 g/mol. The van der Waals surface area contributed by atoms with Gasteiger partial charge in [-0.05, 0) is 30.6 Å². The summed E-state index contributed by atoms with van der Waals surface area (Å²) in [6.45, 7) is 0. The van der Waals surface area contributed by atoms with Crippen LogP contribution in [0.3, 0.4) is 0 Å². The summed E-state index contributed by atoms with van der Waals surface area (Å²) in [4.78, 5) is 0. The van der Waals surface area contributed by atoms with Gasteiger partial charge in [0.25, 0.3) is 0 Å². The van der Waals surface area contributed by atoms with Crippen molar-refractivity contribution in [1.82, 2.24) is 0 Å². The van der Waals surface area contributed by atoms with Crippen LogP contribution in [0.2, 0.25) is 0 Å². The quantitative estimate of drug-likeness (QED) is 0.329. The normalized spacial score (nSPS) is 24.6. The number of rotatable bonds is 0. The summed E-state index contributed by atoms with van der Waals surface area (Å²) in [5.41, 5.74) is 2.56. The second-order valence-electron chi connectivity index (χ2n) is 3.56. The van der Waals surface area contributed by atoms with Crippen molar-refractivity contribution in [1.29, 1.82) is 0 Å². The van der Waals surface area contributed by atoms with Crippen molar-refractivity contribution < 1.29 is 9.13 Å². The third kappa shape index (κ3) is 1.50. The summed E-state index contributed by atoms with van der Waals surface area (Å²) in [6.07, 6.45) is 7.28. The van der Waals surface area contributed by atoms with E-state index in [4.69, 9.17) is 0 Å². The Morgan fingerprint density at radius 2 is 2.21 bits per heavy atom. The molecule has 0 saturated carbocycles. The van der Waals surface area contributed by atoms with Crippen molar-refractivity contribution in [3.05, 3.63) is 40.4 Å². The molecule has 3 heteroatoms. The third-order valence-corrected chi connectivity index (χ3v) is 2.61.